The van der Waals surface area contributed by atoms with Gasteiger partial charge in [-0.2, -0.15) is 0 Å². The van der Waals surface area contributed by atoms with Crippen molar-refractivity contribution in [3.05, 3.63) is 119 Å². The summed E-state index contributed by atoms with van der Waals surface area (Å²) in [5.41, 5.74) is 2.89. The molecule has 8 heteroatoms. The maximum absolute atomic E-state index is 12.9. The first-order valence-corrected chi connectivity index (χ1v) is 14.9. The third-order valence-corrected chi connectivity index (χ3v) is 8.22. The number of thiazole rings is 1. The fraction of sp³-hybridized carbons (Fsp3) is 0.281. The molecule has 0 amide bonds. The summed E-state index contributed by atoms with van der Waals surface area (Å²) in [5, 5.41) is 10.6. The molecule has 3 aromatic carbocycles. The minimum atomic E-state index is -0.739. The number of nitrogens with one attached hydrogen (secondary N) is 1. The number of ether oxygens (including phenoxy) is 1. The Kier molecular flexibility index (Phi) is 9.14. The Balaban J connectivity index is 1.53. The third-order valence-electron chi connectivity index (χ3n) is 7.03. The molecule has 4 aromatic rings. The highest BCUT2D eigenvalue weighted by Gasteiger charge is 2.37. The van der Waals surface area contributed by atoms with E-state index < -0.39 is 11.5 Å². The van der Waals surface area contributed by atoms with E-state index in [1.807, 2.05) is 60.0 Å². The molecular weight excluding hydrogens is 542 g/mol. The second-order valence-corrected chi connectivity index (χ2v) is 11.1. The summed E-state index contributed by atoms with van der Waals surface area (Å²) >= 11 is 7.64. The molecule has 0 aliphatic heterocycles. The Morgan fingerprint density at radius 1 is 0.925 bits per heavy atom. The van der Waals surface area contributed by atoms with Crippen LogP contribution in [0.5, 0.6) is 0 Å². The quantitative estimate of drug-likeness (QED) is 0.0704. The SMILES string of the molecule is CCOC(=O)/C(=N/OC1CCC(Cl)CC1)c1csc(NC(c2ccccc2)(c2ccccc2)c2ccccc2)n1. The first-order chi connectivity index (χ1) is 19.6. The topological polar surface area (TPSA) is 72.8 Å². The van der Waals surface area contributed by atoms with Gasteiger partial charge in [0.15, 0.2) is 5.13 Å². The van der Waals surface area contributed by atoms with Gasteiger partial charge in [-0.1, -0.05) is 96.2 Å². The fourth-order valence-electron chi connectivity index (χ4n) is 5.02. The van der Waals surface area contributed by atoms with Gasteiger partial charge in [0.1, 0.15) is 17.3 Å². The van der Waals surface area contributed by atoms with E-state index in [4.69, 9.17) is 26.2 Å². The Labute approximate surface area is 244 Å². The van der Waals surface area contributed by atoms with Crippen molar-refractivity contribution in [3.63, 3.8) is 0 Å². The highest BCUT2D eigenvalue weighted by atomic mass is 35.5. The normalized spacial score (nSPS) is 17.7. The van der Waals surface area contributed by atoms with Crippen molar-refractivity contribution < 1.29 is 14.4 Å². The zero-order valence-corrected chi connectivity index (χ0v) is 23.9. The molecular formula is C32H32ClN3O3S. The number of aromatic nitrogens is 1. The Bertz CT molecular complexity index is 1310. The lowest BCUT2D eigenvalue weighted by Gasteiger charge is -2.36. The lowest BCUT2D eigenvalue weighted by Crippen LogP contribution is -2.38. The summed E-state index contributed by atoms with van der Waals surface area (Å²) < 4.78 is 5.31. The first kappa shape index (κ1) is 27.9. The molecule has 1 saturated carbocycles. The molecule has 40 heavy (non-hydrogen) atoms. The summed E-state index contributed by atoms with van der Waals surface area (Å²) in [6.07, 6.45) is 3.23. The largest absolute Gasteiger partial charge is 0.461 e. The number of hydrogen-bond acceptors (Lipinski definition) is 7. The van der Waals surface area contributed by atoms with Crippen molar-refractivity contribution in [1.29, 1.82) is 0 Å². The molecule has 1 aromatic heterocycles. The predicted molar refractivity (Wildman–Crippen MR) is 161 cm³/mol. The summed E-state index contributed by atoms with van der Waals surface area (Å²) in [6.45, 7) is 1.99. The highest BCUT2D eigenvalue weighted by molar-refractivity contribution is 7.14. The molecule has 5 rings (SSSR count). The van der Waals surface area contributed by atoms with Crippen molar-refractivity contribution in [1.82, 2.24) is 4.98 Å². The summed E-state index contributed by atoms with van der Waals surface area (Å²) in [5.74, 6) is -0.564. The minimum absolute atomic E-state index is 0.0591. The zero-order valence-electron chi connectivity index (χ0n) is 22.3. The average molecular weight is 574 g/mol. The van der Waals surface area contributed by atoms with Crippen molar-refractivity contribution in [2.45, 2.75) is 49.6 Å². The molecule has 1 aliphatic rings. The van der Waals surface area contributed by atoms with Crippen LogP contribution in [0, 0.1) is 0 Å². The van der Waals surface area contributed by atoms with E-state index in [-0.39, 0.29) is 23.8 Å². The van der Waals surface area contributed by atoms with Gasteiger partial charge in [-0.3, -0.25) is 0 Å². The third kappa shape index (κ3) is 6.21. The molecule has 0 spiro atoms. The van der Waals surface area contributed by atoms with E-state index in [2.05, 4.69) is 46.9 Å². The van der Waals surface area contributed by atoms with Crippen LogP contribution in [0.4, 0.5) is 5.13 Å². The van der Waals surface area contributed by atoms with Crippen LogP contribution in [0.25, 0.3) is 0 Å². The molecule has 206 valence electrons. The number of nitrogens with zero attached hydrogens (tertiary/aromatic N) is 2. The van der Waals surface area contributed by atoms with Gasteiger partial charge in [0.2, 0.25) is 5.71 Å². The molecule has 0 atom stereocenters. The Morgan fingerprint density at radius 2 is 1.45 bits per heavy atom. The zero-order chi connectivity index (χ0) is 27.8. The fourth-order valence-corrected chi connectivity index (χ4v) is 6.03. The molecule has 0 unspecified atom stereocenters. The minimum Gasteiger partial charge on any atom is -0.461 e. The Morgan fingerprint density at radius 3 is 1.95 bits per heavy atom. The van der Waals surface area contributed by atoms with Crippen LogP contribution in [0.15, 0.2) is 102 Å². The molecule has 6 nitrogen and oxygen atoms in total. The molecule has 0 saturated heterocycles. The van der Waals surface area contributed by atoms with Crippen LogP contribution in [-0.2, 0) is 19.9 Å². The van der Waals surface area contributed by atoms with E-state index in [0.717, 1.165) is 42.4 Å². The number of benzene rings is 3. The summed E-state index contributed by atoms with van der Waals surface area (Å²) in [4.78, 5) is 23.5. The van der Waals surface area contributed by atoms with E-state index in [1.165, 1.54) is 11.3 Å². The predicted octanol–water partition coefficient (Wildman–Crippen LogP) is 7.38. The number of anilines is 1. The monoisotopic (exact) mass is 573 g/mol. The van der Waals surface area contributed by atoms with E-state index in [1.54, 1.807) is 6.92 Å². The van der Waals surface area contributed by atoms with Crippen LogP contribution >= 0.6 is 22.9 Å². The number of hydrogen-bond donors (Lipinski definition) is 1. The van der Waals surface area contributed by atoms with Crippen LogP contribution in [-0.4, -0.2) is 34.8 Å². The number of halogens is 1. The standard InChI is InChI=1S/C32H32ClN3O3S/c1-2-38-30(37)29(36-39-27-20-18-26(33)19-21-27)28-22-40-31(34-28)35-32(23-12-6-3-7-13-23,24-14-8-4-9-15-24)25-16-10-5-11-17-25/h3-17,22,26-27H,2,18-21H2,1H3,(H,34,35)/b36-29+. The van der Waals surface area contributed by atoms with E-state index >= 15 is 0 Å². The summed E-state index contributed by atoms with van der Waals surface area (Å²) in [7, 11) is 0. The van der Waals surface area contributed by atoms with Crippen LogP contribution in [0.3, 0.4) is 0 Å². The lowest BCUT2D eigenvalue weighted by atomic mass is 9.77. The van der Waals surface area contributed by atoms with E-state index in [0.29, 0.717) is 10.8 Å². The van der Waals surface area contributed by atoms with Crippen LogP contribution < -0.4 is 5.32 Å². The molecule has 0 bridgehead atoms. The van der Waals surface area contributed by atoms with Gasteiger partial charge >= 0.3 is 5.97 Å². The summed E-state index contributed by atoms with van der Waals surface area (Å²) in [6, 6.07) is 30.9. The van der Waals surface area contributed by atoms with Gasteiger partial charge in [0.25, 0.3) is 0 Å². The van der Waals surface area contributed by atoms with Crippen molar-refractivity contribution in [2.75, 3.05) is 11.9 Å². The average Bonchev–Trinajstić information content (AvgIpc) is 3.46. The van der Waals surface area contributed by atoms with Crippen LogP contribution in [0.1, 0.15) is 55.0 Å². The van der Waals surface area contributed by atoms with Gasteiger partial charge in [-0.15, -0.1) is 22.9 Å². The van der Waals surface area contributed by atoms with Crippen molar-refractivity contribution >= 4 is 39.8 Å². The number of esters is 1. The molecule has 1 fully saturated rings. The Hall–Kier alpha value is -3.68. The second kappa shape index (κ2) is 13.1. The number of carbonyl (C=O) groups is 1. The van der Waals surface area contributed by atoms with E-state index in [9.17, 15) is 4.79 Å². The van der Waals surface area contributed by atoms with Gasteiger partial charge in [0.05, 0.1) is 6.61 Å². The number of carbonyl (C=O) groups excluding carboxylic acids is 1. The molecule has 1 N–H and O–H groups in total. The lowest BCUT2D eigenvalue weighted by molar-refractivity contribution is -0.135. The van der Waals surface area contributed by atoms with Crippen molar-refractivity contribution in [3.8, 4) is 0 Å². The number of oxime groups is 1. The van der Waals surface area contributed by atoms with Gasteiger partial charge < -0.3 is 14.9 Å². The van der Waals surface area contributed by atoms with Gasteiger partial charge in [0, 0.05) is 10.8 Å². The van der Waals surface area contributed by atoms with Crippen LogP contribution in [0.2, 0.25) is 0 Å². The highest BCUT2D eigenvalue weighted by Crippen LogP contribution is 2.40. The number of alkyl halides is 1. The first-order valence-electron chi connectivity index (χ1n) is 13.6. The van der Waals surface area contributed by atoms with Gasteiger partial charge in [-0.05, 0) is 49.3 Å². The molecule has 1 aliphatic carbocycles. The van der Waals surface area contributed by atoms with Crippen molar-refractivity contribution in [2.24, 2.45) is 5.16 Å². The maximum Gasteiger partial charge on any atom is 0.362 e. The second-order valence-electron chi connectivity index (χ2n) is 9.65. The molecule has 1 heterocycles. The maximum atomic E-state index is 12.9. The number of rotatable bonds is 10. The van der Waals surface area contributed by atoms with Gasteiger partial charge in [-0.25, -0.2) is 9.78 Å². The smallest absolute Gasteiger partial charge is 0.362 e. The molecule has 0 radical (unpaired) electrons.